The first-order valence-corrected chi connectivity index (χ1v) is 7.81. The highest BCUT2D eigenvalue weighted by molar-refractivity contribution is 7.99. The largest absolute Gasteiger partial charge is 0.316 e. The summed E-state index contributed by atoms with van der Waals surface area (Å²) in [4.78, 5) is 2.67. The van der Waals surface area contributed by atoms with Crippen molar-refractivity contribution in [1.82, 2.24) is 10.2 Å². The molecule has 0 aromatic carbocycles. The molecule has 16 heavy (non-hydrogen) atoms. The molecule has 2 atom stereocenters. The van der Waals surface area contributed by atoms with Crippen molar-refractivity contribution < 1.29 is 0 Å². The van der Waals surface area contributed by atoms with Gasteiger partial charge >= 0.3 is 0 Å². The van der Waals surface area contributed by atoms with Crippen molar-refractivity contribution in [2.75, 3.05) is 31.1 Å². The van der Waals surface area contributed by atoms with Crippen molar-refractivity contribution in [2.45, 2.75) is 46.2 Å². The number of hydrogen-bond donors (Lipinski definition) is 1. The van der Waals surface area contributed by atoms with E-state index in [4.69, 9.17) is 0 Å². The highest BCUT2D eigenvalue weighted by atomic mass is 32.2. The molecule has 1 N–H and O–H groups in total. The average Bonchev–Trinajstić information content (AvgIpc) is 2.24. The smallest absolute Gasteiger partial charge is 0.0161 e. The van der Waals surface area contributed by atoms with Gasteiger partial charge in [0.2, 0.25) is 0 Å². The van der Waals surface area contributed by atoms with Gasteiger partial charge in [0, 0.05) is 30.1 Å². The maximum absolute atomic E-state index is 3.54. The maximum atomic E-state index is 3.54. The zero-order valence-corrected chi connectivity index (χ0v) is 12.1. The van der Waals surface area contributed by atoms with Gasteiger partial charge in [0.05, 0.1) is 0 Å². The lowest BCUT2D eigenvalue weighted by Gasteiger charge is -2.37. The van der Waals surface area contributed by atoms with E-state index in [1.807, 2.05) is 0 Å². The van der Waals surface area contributed by atoms with E-state index in [1.165, 1.54) is 24.5 Å². The van der Waals surface area contributed by atoms with Gasteiger partial charge in [-0.25, -0.2) is 0 Å². The van der Waals surface area contributed by atoms with Gasteiger partial charge in [0.1, 0.15) is 0 Å². The molecular weight excluding hydrogens is 216 g/mol. The third-order valence-electron chi connectivity index (χ3n) is 3.28. The average molecular weight is 244 g/mol. The van der Waals surface area contributed by atoms with Crippen molar-refractivity contribution in [3.63, 3.8) is 0 Å². The number of thioether (sulfide) groups is 1. The Balaban J connectivity index is 2.15. The number of nitrogens with one attached hydrogen (secondary N) is 1. The summed E-state index contributed by atoms with van der Waals surface area (Å²) < 4.78 is 0. The lowest BCUT2D eigenvalue weighted by atomic mass is 10.1. The first-order valence-electron chi connectivity index (χ1n) is 6.65. The normalized spacial score (nSPS) is 24.9. The molecule has 1 heterocycles. The van der Waals surface area contributed by atoms with Crippen LogP contribution in [-0.4, -0.2) is 48.1 Å². The zero-order valence-electron chi connectivity index (χ0n) is 11.3. The highest BCUT2D eigenvalue weighted by Gasteiger charge is 2.22. The number of nitrogens with zero attached hydrogens (tertiary/aromatic N) is 1. The van der Waals surface area contributed by atoms with Crippen molar-refractivity contribution in [1.29, 1.82) is 0 Å². The first kappa shape index (κ1) is 14.3. The van der Waals surface area contributed by atoms with Crippen LogP contribution in [0.15, 0.2) is 0 Å². The monoisotopic (exact) mass is 244 g/mol. The summed E-state index contributed by atoms with van der Waals surface area (Å²) in [7, 11) is 0. The van der Waals surface area contributed by atoms with Crippen molar-refractivity contribution in [3.05, 3.63) is 0 Å². The highest BCUT2D eigenvalue weighted by Crippen LogP contribution is 2.19. The Hall–Kier alpha value is 0.270. The molecule has 1 aliphatic rings. The molecule has 0 aromatic heterocycles. The van der Waals surface area contributed by atoms with Gasteiger partial charge in [0.25, 0.3) is 0 Å². The standard InChI is InChI=1S/C13H28N2S/c1-11(2)9-14-6-5-12(3)15-7-8-16-10-13(15)4/h11-14H,5-10H2,1-4H3. The van der Waals surface area contributed by atoms with Gasteiger partial charge in [-0.05, 0) is 39.3 Å². The van der Waals surface area contributed by atoms with Crippen molar-refractivity contribution in [3.8, 4) is 0 Å². The molecule has 2 nitrogen and oxygen atoms in total. The molecule has 0 radical (unpaired) electrons. The van der Waals surface area contributed by atoms with Gasteiger partial charge in [-0.15, -0.1) is 0 Å². The molecule has 0 bridgehead atoms. The topological polar surface area (TPSA) is 15.3 Å². The molecule has 0 aromatic rings. The van der Waals surface area contributed by atoms with Crippen LogP contribution in [0.3, 0.4) is 0 Å². The second-order valence-electron chi connectivity index (χ2n) is 5.40. The Morgan fingerprint density at radius 3 is 2.75 bits per heavy atom. The summed E-state index contributed by atoms with van der Waals surface area (Å²) in [5.41, 5.74) is 0. The zero-order chi connectivity index (χ0) is 12.0. The molecule has 3 heteroatoms. The van der Waals surface area contributed by atoms with Crippen molar-refractivity contribution >= 4 is 11.8 Å². The first-order chi connectivity index (χ1) is 7.61. The molecule has 0 aliphatic carbocycles. The summed E-state index contributed by atoms with van der Waals surface area (Å²) in [5, 5.41) is 3.54. The third-order valence-corrected chi connectivity index (χ3v) is 4.47. The van der Waals surface area contributed by atoms with Crippen LogP contribution in [0.5, 0.6) is 0 Å². The van der Waals surface area contributed by atoms with E-state index in [-0.39, 0.29) is 0 Å². The SMILES string of the molecule is CC(C)CNCCC(C)N1CCSCC1C. The minimum absolute atomic E-state index is 0.732. The fourth-order valence-corrected chi connectivity index (χ4v) is 3.30. The molecule has 0 spiro atoms. The van der Waals surface area contributed by atoms with Gasteiger partial charge in [-0.3, -0.25) is 4.90 Å². The van der Waals surface area contributed by atoms with Crippen LogP contribution < -0.4 is 5.32 Å². The summed E-state index contributed by atoms with van der Waals surface area (Å²) in [6.07, 6.45) is 1.28. The molecule has 0 amide bonds. The van der Waals surface area contributed by atoms with Gasteiger partial charge in [0.15, 0.2) is 0 Å². The van der Waals surface area contributed by atoms with E-state index < -0.39 is 0 Å². The lowest BCUT2D eigenvalue weighted by molar-refractivity contribution is 0.164. The van der Waals surface area contributed by atoms with Crippen LogP contribution in [-0.2, 0) is 0 Å². The second kappa shape index (κ2) is 7.57. The van der Waals surface area contributed by atoms with E-state index in [0.29, 0.717) is 0 Å². The van der Waals surface area contributed by atoms with Crippen LogP contribution in [0.2, 0.25) is 0 Å². The Morgan fingerprint density at radius 2 is 2.12 bits per heavy atom. The summed E-state index contributed by atoms with van der Waals surface area (Å²) >= 11 is 2.10. The molecule has 1 rings (SSSR count). The molecule has 0 saturated carbocycles. The molecule has 1 saturated heterocycles. The Bertz CT molecular complexity index is 185. The Labute approximate surface area is 106 Å². The van der Waals surface area contributed by atoms with Gasteiger partial charge in [-0.2, -0.15) is 11.8 Å². The molecule has 1 fully saturated rings. The minimum atomic E-state index is 0.732. The molecule has 96 valence electrons. The fraction of sp³-hybridized carbons (Fsp3) is 1.00. The Morgan fingerprint density at radius 1 is 1.38 bits per heavy atom. The lowest BCUT2D eigenvalue weighted by Crippen LogP contribution is -2.46. The maximum Gasteiger partial charge on any atom is 0.0161 e. The molecular formula is C13H28N2S. The molecule has 2 unspecified atom stereocenters. The second-order valence-corrected chi connectivity index (χ2v) is 6.55. The van der Waals surface area contributed by atoms with Crippen LogP contribution in [0, 0.1) is 5.92 Å². The van der Waals surface area contributed by atoms with Crippen LogP contribution in [0.4, 0.5) is 0 Å². The fourth-order valence-electron chi connectivity index (χ4n) is 2.26. The predicted molar refractivity (Wildman–Crippen MR) is 75.3 cm³/mol. The van der Waals surface area contributed by atoms with E-state index >= 15 is 0 Å². The quantitative estimate of drug-likeness (QED) is 0.723. The van der Waals surface area contributed by atoms with E-state index in [9.17, 15) is 0 Å². The summed E-state index contributed by atoms with van der Waals surface area (Å²) in [5.74, 6) is 3.39. The van der Waals surface area contributed by atoms with Gasteiger partial charge < -0.3 is 5.32 Å². The van der Waals surface area contributed by atoms with E-state index in [0.717, 1.165) is 31.1 Å². The predicted octanol–water partition coefficient (Wildman–Crippen LogP) is 2.45. The molecule has 1 aliphatic heterocycles. The van der Waals surface area contributed by atoms with Crippen molar-refractivity contribution in [2.24, 2.45) is 5.92 Å². The minimum Gasteiger partial charge on any atom is -0.316 e. The number of hydrogen-bond acceptors (Lipinski definition) is 3. The summed E-state index contributed by atoms with van der Waals surface area (Å²) in [6, 6.07) is 1.49. The van der Waals surface area contributed by atoms with Crippen LogP contribution >= 0.6 is 11.8 Å². The van der Waals surface area contributed by atoms with E-state index in [1.54, 1.807) is 0 Å². The van der Waals surface area contributed by atoms with Gasteiger partial charge in [-0.1, -0.05) is 13.8 Å². The van der Waals surface area contributed by atoms with Crippen LogP contribution in [0.1, 0.15) is 34.1 Å². The number of rotatable bonds is 6. The van der Waals surface area contributed by atoms with E-state index in [2.05, 4.69) is 49.7 Å². The third kappa shape index (κ3) is 5.07. The van der Waals surface area contributed by atoms with Crippen LogP contribution in [0.25, 0.3) is 0 Å². The summed E-state index contributed by atoms with van der Waals surface area (Å²) in [6.45, 7) is 12.9. The Kier molecular flexibility index (Phi) is 6.78.